The lowest BCUT2D eigenvalue weighted by atomic mass is 9.81. The number of rotatable bonds is 14. The van der Waals surface area contributed by atoms with Crippen molar-refractivity contribution in [3.63, 3.8) is 0 Å². The molecule has 0 bridgehead atoms. The highest BCUT2D eigenvalue weighted by atomic mass is 35.5. The highest BCUT2D eigenvalue weighted by molar-refractivity contribution is 7.92. The van der Waals surface area contributed by atoms with E-state index in [1.54, 1.807) is 12.0 Å². The Morgan fingerprint density at radius 3 is 2.12 bits per heavy atom. The van der Waals surface area contributed by atoms with E-state index in [0.29, 0.717) is 17.7 Å². The van der Waals surface area contributed by atoms with Gasteiger partial charge in [0.15, 0.2) is 27.2 Å². The second kappa shape index (κ2) is 22.9. The van der Waals surface area contributed by atoms with Crippen molar-refractivity contribution in [1.29, 1.82) is 0 Å². The van der Waals surface area contributed by atoms with Gasteiger partial charge in [-0.25, -0.2) is 26.2 Å². The molecule has 1 saturated carbocycles. The number of hydrogen-bond donors (Lipinski definition) is 1. The Morgan fingerprint density at radius 1 is 1.02 bits per heavy atom. The zero-order chi connectivity index (χ0) is 49.3. The number of para-hydroxylation sites is 1. The summed E-state index contributed by atoms with van der Waals surface area (Å²) in [6.45, 7) is 4.71. The number of sulfone groups is 1. The first-order valence-electron chi connectivity index (χ1n) is 19.2. The largest absolute Gasteiger partial charge is 0.383 e. The lowest BCUT2D eigenvalue weighted by molar-refractivity contribution is -0.385. The van der Waals surface area contributed by atoms with Gasteiger partial charge in [0.1, 0.15) is 17.6 Å². The zero-order valence-electron chi connectivity index (χ0n) is 35.9. The SMILES string of the molecule is CCc1cccc(C)c1N(C(=O)CCl)C(C)COC.CS(=O)(=O)c1ccc(C(=O)C2C(=O)CCCC2=O)c([N+](=O)[O-])c1.Cc1nn(-c2cc(NS(C)(=O)=O)c(Cl)cc2Cl)c(=O)n1C(F)F. The number of aromatic nitrogens is 3. The number of nitrogens with zero attached hydrogens (tertiary/aromatic N) is 5. The number of aryl methyl sites for hydroxylation is 3. The number of carbonyl (C=O) groups excluding carboxylic acids is 4. The van der Waals surface area contributed by atoms with Crippen LogP contribution in [0.3, 0.4) is 0 Å². The average molecular weight is 1010 g/mol. The van der Waals surface area contributed by atoms with Crippen molar-refractivity contribution in [2.24, 2.45) is 5.92 Å². The van der Waals surface area contributed by atoms with Crippen LogP contribution in [0.2, 0.25) is 10.0 Å². The maximum Gasteiger partial charge on any atom is 0.355 e. The number of sulfonamides is 1. The quantitative estimate of drug-likeness (QED) is 0.0455. The fourth-order valence-electron chi connectivity index (χ4n) is 6.61. The Bertz CT molecular complexity index is 2750. The Balaban J connectivity index is 0.000000261. The van der Waals surface area contributed by atoms with Crippen molar-refractivity contribution in [2.45, 2.75) is 70.9 Å². The lowest BCUT2D eigenvalue weighted by Gasteiger charge is -2.31. The average Bonchev–Trinajstić information content (AvgIpc) is 3.51. The van der Waals surface area contributed by atoms with Gasteiger partial charge in [-0.05, 0) is 69.0 Å². The minimum absolute atomic E-state index is 0.0223. The maximum absolute atomic E-state index is 12.8. The number of halogens is 5. The van der Waals surface area contributed by atoms with Crippen LogP contribution in [0.5, 0.6) is 0 Å². The number of nitrogens with one attached hydrogen (secondary N) is 1. The second-order valence-corrected chi connectivity index (χ2v) is 19.3. The molecule has 1 atom stereocenters. The fraction of sp³-hybridized carbons (Fsp3) is 0.400. The standard InChI is InChI=1S/C15H22ClNO2.C14H13NO7S.C11H10Cl2F2N4O3S/c1-5-13-8-6-7-11(2)15(13)17(14(18)9-16)12(3)10-19-4;1-23(21,22)8-5-6-9(10(7-8)15(19)20)14(18)13-11(16)3-2-4-12(13)17;1-5-16-19(11(20)18(5)10(14)15)9-4-8(17-23(2,21)22)6(12)3-7(9)13/h6-8,12H,5,9-10H2,1-4H3;5-7,13H,2-4H2,1H3;3-4,10,17H,1-2H3. The molecule has 1 aromatic heterocycles. The number of benzene rings is 3. The van der Waals surface area contributed by atoms with Crippen molar-refractivity contribution < 1.29 is 54.5 Å². The summed E-state index contributed by atoms with van der Waals surface area (Å²) in [4.78, 5) is 71.9. The highest BCUT2D eigenvalue weighted by Crippen LogP contribution is 2.33. The van der Waals surface area contributed by atoms with E-state index in [4.69, 9.17) is 39.5 Å². The number of nitro groups is 1. The summed E-state index contributed by atoms with van der Waals surface area (Å²) in [7, 11) is -5.71. The van der Waals surface area contributed by atoms with Gasteiger partial charge in [-0.2, -0.15) is 13.5 Å². The van der Waals surface area contributed by atoms with Gasteiger partial charge in [0.2, 0.25) is 15.9 Å². The summed E-state index contributed by atoms with van der Waals surface area (Å²) in [6.07, 6.45) is 3.15. The van der Waals surface area contributed by atoms with Crippen LogP contribution < -0.4 is 15.3 Å². The van der Waals surface area contributed by atoms with Gasteiger partial charge < -0.3 is 9.64 Å². The summed E-state index contributed by atoms with van der Waals surface area (Å²) in [5.74, 6) is -3.95. The first-order chi connectivity index (χ1) is 30.2. The topological polar surface area (TPSA) is 244 Å². The van der Waals surface area contributed by atoms with Crippen LogP contribution in [0.25, 0.3) is 5.69 Å². The molecule has 5 rings (SSSR count). The molecule has 1 unspecified atom stereocenters. The molecule has 0 radical (unpaired) electrons. The summed E-state index contributed by atoms with van der Waals surface area (Å²) in [5, 5.41) is 14.8. The van der Waals surface area contributed by atoms with E-state index in [1.807, 2.05) is 26.0 Å². The van der Waals surface area contributed by atoms with Crippen LogP contribution in [0.4, 0.5) is 25.8 Å². The van der Waals surface area contributed by atoms with Gasteiger partial charge in [-0.15, -0.1) is 16.7 Å². The number of carbonyl (C=O) groups is 4. The molecular formula is C40H45Cl3F2N6O12S2. The molecule has 1 aliphatic rings. The molecule has 1 N–H and O–H groups in total. The molecule has 4 aromatic rings. The third kappa shape index (κ3) is 13.7. The highest BCUT2D eigenvalue weighted by Gasteiger charge is 2.39. The third-order valence-corrected chi connectivity index (χ3v) is 12.1. The molecule has 25 heteroatoms. The molecule has 65 heavy (non-hydrogen) atoms. The van der Waals surface area contributed by atoms with E-state index in [2.05, 4.69) is 22.8 Å². The van der Waals surface area contributed by atoms with Gasteiger partial charge in [-0.1, -0.05) is 48.3 Å². The predicted molar refractivity (Wildman–Crippen MR) is 240 cm³/mol. The summed E-state index contributed by atoms with van der Waals surface area (Å²) < 4.78 is 79.4. The predicted octanol–water partition coefficient (Wildman–Crippen LogP) is 6.70. The van der Waals surface area contributed by atoms with Gasteiger partial charge in [0.05, 0.1) is 61.4 Å². The minimum Gasteiger partial charge on any atom is -0.383 e. The van der Waals surface area contributed by atoms with Crippen LogP contribution in [-0.2, 0) is 45.4 Å². The number of Topliss-reactive ketones (excluding diaryl/α,β-unsaturated/α-hetero) is 3. The first kappa shape index (κ1) is 54.2. The van der Waals surface area contributed by atoms with Gasteiger partial charge in [0.25, 0.3) is 5.69 Å². The minimum atomic E-state index is -3.70. The second-order valence-electron chi connectivity index (χ2n) is 14.5. The maximum atomic E-state index is 12.8. The van der Waals surface area contributed by atoms with E-state index in [-0.39, 0.29) is 67.4 Å². The van der Waals surface area contributed by atoms with E-state index in [0.717, 1.165) is 60.0 Å². The summed E-state index contributed by atoms with van der Waals surface area (Å²) in [5.41, 5.74) is 0.772. The molecule has 354 valence electrons. The zero-order valence-corrected chi connectivity index (χ0v) is 39.8. The Kier molecular flexibility index (Phi) is 19.1. The van der Waals surface area contributed by atoms with Crippen LogP contribution in [-0.4, -0.2) is 97.5 Å². The summed E-state index contributed by atoms with van der Waals surface area (Å²) in [6, 6.07) is 11.1. The number of amides is 1. The number of alkyl halides is 3. The molecule has 0 saturated heterocycles. The smallest absolute Gasteiger partial charge is 0.355 e. The first-order valence-corrected chi connectivity index (χ1v) is 24.2. The molecular weight excluding hydrogens is 965 g/mol. The number of anilines is 2. The lowest BCUT2D eigenvalue weighted by Crippen LogP contribution is -2.43. The van der Waals surface area contributed by atoms with Crippen LogP contribution in [0, 0.1) is 29.9 Å². The van der Waals surface area contributed by atoms with Crippen molar-refractivity contribution in [3.8, 4) is 5.69 Å². The van der Waals surface area contributed by atoms with Gasteiger partial charge >= 0.3 is 12.2 Å². The molecule has 1 heterocycles. The van der Waals surface area contributed by atoms with Crippen LogP contribution in [0.1, 0.15) is 67.0 Å². The molecule has 1 amide bonds. The Hall–Kier alpha value is -5.13. The van der Waals surface area contributed by atoms with E-state index >= 15 is 0 Å². The van der Waals surface area contributed by atoms with Crippen molar-refractivity contribution in [3.05, 3.63) is 102 Å². The number of ether oxygens (including phenoxy) is 1. The van der Waals surface area contributed by atoms with Gasteiger partial charge in [0, 0.05) is 32.3 Å². The van der Waals surface area contributed by atoms with E-state index < -0.39 is 71.5 Å². The summed E-state index contributed by atoms with van der Waals surface area (Å²) >= 11 is 17.6. The number of hydrogen-bond acceptors (Lipinski definition) is 13. The number of ketones is 3. The fourth-order valence-corrected chi connectivity index (χ4v) is 8.52. The Morgan fingerprint density at radius 2 is 1.63 bits per heavy atom. The molecule has 0 spiro atoms. The van der Waals surface area contributed by atoms with Crippen molar-refractivity contribution >= 4 is 95.0 Å². The number of nitro benzene ring substituents is 1. The van der Waals surface area contributed by atoms with Gasteiger partial charge in [-0.3, -0.25) is 34.0 Å². The molecule has 3 aromatic carbocycles. The van der Waals surface area contributed by atoms with Crippen LogP contribution >= 0.6 is 34.8 Å². The normalized spacial score (nSPS) is 13.6. The molecule has 1 aliphatic carbocycles. The van der Waals surface area contributed by atoms with Crippen LogP contribution in [0.15, 0.2) is 58.2 Å². The molecule has 1 fully saturated rings. The molecule has 18 nitrogen and oxygen atoms in total. The third-order valence-electron chi connectivity index (χ3n) is 9.52. The Labute approximate surface area is 387 Å². The van der Waals surface area contributed by atoms with Crippen molar-refractivity contribution in [2.75, 3.05) is 41.7 Å². The van der Waals surface area contributed by atoms with E-state index in [1.165, 1.54) is 13.0 Å². The monoisotopic (exact) mass is 1010 g/mol. The number of methoxy groups -OCH3 is 1. The van der Waals surface area contributed by atoms with E-state index in [9.17, 15) is 59.7 Å². The van der Waals surface area contributed by atoms with Crippen molar-refractivity contribution in [1.82, 2.24) is 14.3 Å². The molecule has 0 aliphatic heterocycles.